The van der Waals surface area contributed by atoms with Crippen LogP contribution >= 0.6 is 0 Å². The summed E-state index contributed by atoms with van der Waals surface area (Å²) in [4.78, 5) is 26.9. The van der Waals surface area contributed by atoms with Gasteiger partial charge in [0.15, 0.2) is 0 Å². The number of hydrogen-bond acceptors (Lipinski definition) is 4. The first-order chi connectivity index (χ1) is 13.1. The van der Waals surface area contributed by atoms with Crippen molar-refractivity contribution in [3.05, 3.63) is 69.8 Å². The second-order valence-corrected chi connectivity index (χ2v) is 6.81. The Morgan fingerprint density at radius 3 is 2.11 bits per heavy atom. The van der Waals surface area contributed by atoms with Gasteiger partial charge in [0.2, 0.25) is 5.91 Å². The van der Waals surface area contributed by atoms with E-state index < -0.39 is 4.92 Å². The van der Waals surface area contributed by atoms with E-state index in [4.69, 9.17) is 0 Å². The molecule has 3 rings (SSSR count). The van der Waals surface area contributed by atoms with Crippen LogP contribution in [0.4, 0.5) is 11.4 Å². The molecule has 0 unspecified atom stereocenters. The lowest BCUT2D eigenvalue weighted by Gasteiger charge is -2.36. The predicted octanol–water partition coefficient (Wildman–Crippen LogP) is 3.44. The van der Waals surface area contributed by atoms with E-state index in [0.29, 0.717) is 19.5 Å². The molecule has 1 saturated heterocycles. The third kappa shape index (κ3) is 4.84. The number of nitro groups is 1. The molecule has 0 N–H and O–H groups in total. The summed E-state index contributed by atoms with van der Waals surface area (Å²) in [5, 5.41) is 10.8. The molecule has 142 valence electrons. The first kappa shape index (κ1) is 18.9. The van der Waals surface area contributed by atoms with Gasteiger partial charge < -0.3 is 9.80 Å². The van der Waals surface area contributed by atoms with Gasteiger partial charge in [-0.15, -0.1) is 0 Å². The number of amides is 1. The Labute approximate surface area is 159 Å². The Kier molecular flexibility index (Phi) is 6.06. The second kappa shape index (κ2) is 8.66. The number of piperazine rings is 1. The van der Waals surface area contributed by atoms with Crippen LogP contribution in [0, 0.1) is 10.1 Å². The minimum Gasteiger partial charge on any atom is -0.368 e. The molecule has 0 aliphatic carbocycles. The summed E-state index contributed by atoms with van der Waals surface area (Å²) in [5.74, 6) is 0.193. The average molecular weight is 367 g/mol. The van der Waals surface area contributed by atoms with Crippen molar-refractivity contribution < 1.29 is 9.72 Å². The summed E-state index contributed by atoms with van der Waals surface area (Å²) >= 11 is 0. The zero-order valence-corrected chi connectivity index (χ0v) is 15.6. The van der Waals surface area contributed by atoms with E-state index in [0.717, 1.165) is 31.6 Å². The number of benzene rings is 2. The largest absolute Gasteiger partial charge is 0.368 e. The number of aryl methyl sites for hydroxylation is 2. The highest BCUT2D eigenvalue weighted by Crippen LogP contribution is 2.21. The van der Waals surface area contributed by atoms with E-state index in [9.17, 15) is 14.9 Å². The fourth-order valence-corrected chi connectivity index (χ4v) is 3.35. The zero-order chi connectivity index (χ0) is 19.2. The van der Waals surface area contributed by atoms with Gasteiger partial charge >= 0.3 is 0 Å². The maximum atomic E-state index is 12.5. The van der Waals surface area contributed by atoms with Crippen molar-refractivity contribution in [1.82, 2.24) is 4.90 Å². The Hall–Kier alpha value is -2.89. The van der Waals surface area contributed by atoms with Crippen molar-refractivity contribution in [3.63, 3.8) is 0 Å². The van der Waals surface area contributed by atoms with E-state index in [2.05, 4.69) is 36.1 Å². The van der Waals surface area contributed by atoms with Gasteiger partial charge in [0.1, 0.15) is 0 Å². The molecule has 1 fully saturated rings. The summed E-state index contributed by atoms with van der Waals surface area (Å²) in [7, 11) is 0. The summed E-state index contributed by atoms with van der Waals surface area (Å²) < 4.78 is 0. The molecule has 0 atom stereocenters. The van der Waals surface area contributed by atoms with Crippen molar-refractivity contribution in [2.75, 3.05) is 31.1 Å². The van der Waals surface area contributed by atoms with E-state index >= 15 is 0 Å². The Morgan fingerprint density at radius 1 is 0.963 bits per heavy atom. The van der Waals surface area contributed by atoms with Crippen LogP contribution in [0.15, 0.2) is 48.5 Å². The second-order valence-electron chi connectivity index (χ2n) is 6.81. The van der Waals surface area contributed by atoms with E-state index in [1.807, 2.05) is 4.90 Å². The Morgan fingerprint density at radius 2 is 1.56 bits per heavy atom. The molecule has 1 heterocycles. The molecule has 1 amide bonds. The van der Waals surface area contributed by atoms with Gasteiger partial charge in [-0.1, -0.05) is 31.2 Å². The number of anilines is 1. The molecule has 6 heteroatoms. The molecular weight excluding hydrogens is 342 g/mol. The number of hydrogen-bond donors (Lipinski definition) is 0. The lowest BCUT2D eigenvalue weighted by Crippen LogP contribution is -2.48. The minimum absolute atomic E-state index is 0.0968. The molecule has 0 radical (unpaired) electrons. The van der Waals surface area contributed by atoms with Gasteiger partial charge in [-0.2, -0.15) is 0 Å². The van der Waals surface area contributed by atoms with Crippen LogP contribution in [0.5, 0.6) is 0 Å². The molecule has 1 aliphatic heterocycles. The summed E-state index contributed by atoms with van der Waals surface area (Å²) in [5.41, 5.74) is 3.57. The number of carbonyl (C=O) groups is 1. The molecular formula is C21H25N3O3. The minimum atomic E-state index is -0.393. The van der Waals surface area contributed by atoms with Gasteiger partial charge in [-0.05, 0) is 36.1 Å². The fraction of sp³-hybridized carbons (Fsp3) is 0.381. The fourth-order valence-electron chi connectivity index (χ4n) is 3.35. The van der Waals surface area contributed by atoms with Crippen LogP contribution in [0.25, 0.3) is 0 Å². The SMILES string of the molecule is CCc1ccc(CCC(=O)N2CCN(c3ccc([N+](=O)[O-])cc3)CC2)cc1. The molecule has 1 aliphatic rings. The Bertz CT molecular complexity index is 779. The van der Waals surface area contributed by atoms with Gasteiger partial charge in [-0.25, -0.2) is 0 Å². The number of nitro benzene ring substituents is 1. The number of carbonyl (C=O) groups excluding carboxylic acids is 1. The van der Waals surface area contributed by atoms with Gasteiger partial charge in [0.25, 0.3) is 5.69 Å². The average Bonchev–Trinajstić information content (AvgIpc) is 2.72. The van der Waals surface area contributed by atoms with Crippen LogP contribution in [0.3, 0.4) is 0 Å². The van der Waals surface area contributed by atoms with Crippen molar-refractivity contribution in [3.8, 4) is 0 Å². The van der Waals surface area contributed by atoms with Crippen molar-refractivity contribution >= 4 is 17.3 Å². The first-order valence-electron chi connectivity index (χ1n) is 9.42. The molecule has 6 nitrogen and oxygen atoms in total. The summed E-state index contributed by atoms with van der Waals surface area (Å²) in [6.07, 6.45) is 2.33. The normalized spacial score (nSPS) is 14.3. The predicted molar refractivity (Wildman–Crippen MR) is 106 cm³/mol. The highest BCUT2D eigenvalue weighted by atomic mass is 16.6. The lowest BCUT2D eigenvalue weighted by molar-refractivity contribution is -0.384. The summed E-state index contributed by atoms with van der Waals surface area (Å²) in [6, 6.07) is 15.1. The highest BCUT2D eigenvalue weighted by molar-refractivity contribution is 5.76. The van der Waals surface area contributed by atoms with Crippen molar-refractivity contribution in [2.24, 2.45) is 0 Å². The zero-order valence-electron chi connectivity index (χ0n) is 15.6. The van der Waals surface area contributed by atoms with Crippen LogP contribution in [-0.2, 0) is 17.6 Å². The number of rotatable bonds is 6. The third-order valence-corrected chi connectivity index (χ3v) is 5.12. The van der Waals surface area contributed by atoms with Crippen LogP contribution in [0.2, 0.25) is 0 Å². The van der Waals surface area contributed by atoms with Crippen molar-refractivity contribution in [1.29, 1.82) is 0 Å². The molecule has 27 heavy (non-hydrogen) atoms. The van der Waals surface area contributed by atoms with E-state index in [1.54, 1.807) is 12.1 Å². The van der Waals surface area contributed by atoms with Crippen LogP contribution < -0.4 is 4.90 Å². The monoisotopic (exact) mass is 367 g/mol. The molecule has 0 bridgehead atoms. The molecule has 0 spiro atoms. The molecule has 0 saturated carbocycles. The summed E-state index contributed by atoms with van der Waals surface area (Å²) in [6.45, 7) is 4.99. The van der Waals surface area contributed by atoms with Gasteiger partial charge in [0, 0.05) is 50.4 Å². The van der Waals surface area contributed by atoms with Gasteiger partial charge in [0.05, 0.1) is 4.92 Å². The lowest BCUT2D eigenvalue weighted by atomic mass is 10.1. The molecule has 2 aromatic carbocycles. The van der Waals surface area contributed by atoms with Crippen LogP contribution in [0.1, 0.15) is 24.5 Å². The quantitative estimate of drug-likeness (QED) is 0.579. The smallest absolute Gasteiger partial charge is 0.269 e. The number of nitrogens with zero attached hydrogens (tertiary/aromatic N) is 3. The molecule has 0 aromatic heterocycles. The highest BCUT2D eigenvalue weighted by Gasteiger charge is 2.21. The third-order valence-electron chi connectivity index (χ3n) is 5.12. The van der Waals surface area contributed by atoms with E-state index in [1.165, 1.54) is 23.3 Å². The van der Waals surface area contributed by atoms with E-state index in [-0.39, 0.29) is 11.6 Å². The maximum absolute atomic E-state index is 12.5. The number of non-ortho nitro benzene ring substituents is 1. The topological polar surface area (TPSA) is 66.7 Å². The maximum Gasteiger partial charge on any atom is 0.269 e. The molecule has 2 aromatic rings. The Balaban J connectivity index is 1.47. The van der Waals surface area contributed by atoms with Gasteiger partial charge in [-0.3, -0.25) is 14.9 Å². The van der Waals surface area contributed by atoms with Crippen molar-refractivity contribution in [2.45, 2.75) is 26.2 Å². The van der Waals surface area contributed by atoms with Crippen LogP contribution in [-0.4, -0.2) is 41.9 Å². The first-order valence-corrected chi connectivity index (χ1v) is 9.42. The standard InChI is InChI=1S/C21H25N3O3/c1-2-17-3-5-18(6-4-17)7-12-21(25)23-15-13-22(14-16-23)19-8-10-20(11-9-19)24(26)27/h3-6,8-11H,2,7,12-16H2,1H3.